The summed E-state index contributed by atoms with van der Waals surface area (Å²) in [5.74, 6) is -0.104. The lowest BCUT2D eigenvalue weighted by Gasteiger charge is -2.13. The van der Waals surface area contributed by atoms with Gasteiger partial charge in [-0.15, -0.1) is 10.2 Å². The second-order valence-electron chi connectivity index (χ2n) is 4.32. The van der Waals surface area contributed by atoms with Gasteiger partial charge in [-0.1, -0.05) is 42.1 Å². The molecule has 0 spiro atoms. The molecule has 0 saturated heterocycles. The Labute approximate surface area is 115 Å². The summed E-state index contributed by atoms with van der Waals surface area (Å²) >= 11 is 1.19. The third-order valence-electron chi connectivity index (χ3n) is 2.54. The fourth-order valence-corrected chi connectivity index (χ4v) is 2.54. The van der Waals surface area contributed by atoms with Gasteiger partial charge in [0, 0.05) is 11.6 Å². The molecule has 0 amide bonds. The first-order chi connectivity index (χ1) is 9.09. The molecule has 0 aliphatic carbocycles. The van der Waals surface area contributed by atoms with E-state index < -0.39 is 5.97 Å². The number of thioether (sulfide) groups is 1. The van der Waals surface area contributed by atoms with E-state index >= 15 is 0 Å². The Morgan fingerprint density at radius 2 is 2.00 bits per heavy atom. The zero-order valence-electron chi connectivity index (χ0n) is 10.8. The van der Waals surface area contributed by atoms with Crippen LogP contribution in [0.15, 0.2) is 35.5 Å². The standard InChI is InChI=1S/C13H15N3O2S/c1-9(2)16-12(10-6-4-3-5-7-10)14-15-13(16)19-8-11(17)18/h3-7,9H,8H2,1-2H3,(H,17,18). The maximum atomic E-state index is 10.7. The predicted molar refractivity (Wildman–Crippen MR) is 74.2 cm³/mol. The molecule has 2 rings (SSSR count). The molecule has 19 heavy (non-hydrogen) atoms. The summed E-state index contributed by atoms with van der Waals surface area (Å²) in [4.78, 5) is 10.7. The number of carboxylic acid groups (broad SMARTS) is 1. The molecule has 1 heterocycles. The Bertz CT molecular complexity index is 567. The molecule has 6 heteroatoms. The Morgan fingerprint density at radius 3 is 2.58 bits per heavy atom. The number of hydrogen-bond donors (Lipinski definition) is 1. The summed E-state index contributed by atoms with van der Waals surface area (Å²) in [5.41, 5.74) is 0.978. The molecule has 0 fully saturated rings. The van der Waals surface area contributed by atoms with E-state index in [1.807, 2.05) is 48.7 Å². The van der Waals surface area contributed by atoms with Gasteiger partial charge in [0.1, 0.15) is 0 Å². The van der Waals surface area contributed by atoms with Crippen molar-refractivity contribution in [1.29, 1.82) is 0 Å². The van der Waals surface area contributed by atoms with E-state index in [4.69, 9.17) is 5.11 Å². The van der Waals surface area contributed by atoms with Crippen LogP contribution in [0.25, 0.3) is 11.4 Å². The summed E-state index contributed by atoms with van der Waals surface area (Å²) in [6, 6.07) is 9.93. The van der Waals surface area contributed by atoms with E-state index in [2.05, 4.69) is 10.2 Å². The topological polar surface area (TPSA) is 68.0 Å². The molecule has 0 saturated carbocycles. The van der Waals surface area contributed by atoms with E-state index in [9.17, 15) is 4.79 Å². The molecule has 0 atom stereocenters. The summed E-state index contributed by atoms with van der Waals surface area (Å²) < 4.78 is 1.96. The molecule has 0 radical (unpaired) electrons. The normalized spacial score (nSPS) is 10.9. The van der Waals surface area contributed by atoms with Crippen LogP contribution in [0.3, 0.4) is 0 Å². The number of hydrogen-bond acceptors (Lipinski definition) is 4. The van der Waals surface area contributed by atoms with Crippen LogP contribution in [-0.2, 0) is 4.79 Å². The fraction of sp³-hybridized carbons (Fsp3) is 0.308. The second kappa shape index (κ2) is 5.88. The highest BCUT2D eigenvalue weighted by molar-refractivity contribution is 7.99. The number of nitrogens with zero attached hydrogens (tertiary/aromatic N) is 3. The first-order valence-corrected chi connectivity index (χ1v) is 6.93. The number of aromatic nitrogens is 3. The maximum Gasteiger partial charge on any atom is 0.313 e. The average Bonchev–Trinajstić information content (AvgIpc) is 2.81. The summed E-state index contributed by atoms with van der Waals surface area (Å²) in [6.07, 6.45) is 0. The smallest absolute Gasteiger partial charge is 0.313 e. The quantitative estimate of drug-likeness (QED) is 0.851. The van der Waals surface area contributed by atoms with Crippen molar-refractivity contribution in [3.63, 3.8) is 0 Å². The van der Waals surface area contributed by atoms with Crippen molar-refractivity contribution in [3.05, 3.63) is 30.3 Å². The number of carboxylic acids is 1. The molecule has 100 valence electrons. The third-order valence-corrected chi connectivity index (χ3v) is 3.47. The molecule has 0 bridgehead atoms. The Balaban J connectivity index is 2.37. The third kappa shape index (κ3) is 3.14. The summed E-state index contributed by atoms with van der Waals surface area (Å²) in [7, 11) is 0. The predicted octanol–water partition coefficient (Wildman–Crippen LogP) is 2.70. The van der Waals surface area contributed by atoms with E-state index in [1.54, 1.807) is 0 Å². The molecular formula is C13H15N3O2S. The van der Waals surface area contributed by atoms with Gasteiger partial charge in [0.2, 0.25) is 0 Å². The Morgan fingerprint density at radius 1 is 1.32 bits per heavy atom. The van der Waals surface area contributed by atoms with Crippen LogP contribution in [0.1, 0.15) is 19.9 Å². The Kier molecular flexibility index (Phi) is 4.21. The van der Waals surface area contributed by atoms with Gasteiger partial charge in [0.15, 0.2) is 11.0 Å². The molecule has 1 N–H and O–H groups in total. The van der Waals surface area contributed by atoms with Crippen molar-refractivity contribution >= 4 is 17.7 Å². The summed E-state index contributed by atoms with van der Waals surface area (Å²) in [6.45, 7) is 4.06. The van der Waals surface area contributed by atoms with Crippen LogP contribution in [0.4, 0.5) is 0 Å². The van der Waals surface area contributed by atoms with Gasteiger partial charge in [0.25, 0.3) is 0 Å². The molecule has 0 unspecified atom stereocenters. The number of rotatable bonds is 5. The van der Waals surface area contributed by atoms with Crippen LogP contribution in [0.2, 0.25) is 0 Å². The van der Waals surface area contributed by atoms with E-state index in [-0.39, 0.29) is 11.8 Å². The van der Waals surface area contributed by atoms with Gasteiger partial charge >= 0.3 is 5.97 Å². The molecule has 1 aromatic heterocycles. The van der Waals surface area contributed by atoms with Gasteiger partial charge in [-0.05, 0) is 13.8 Å². The van der Waals surface area contributed by atoms with Crippen molar-refractivity contribution in [3.8, 4) is 11.4 Å². The van der Waals surface area contributed by atoms with Crippen molar-refractivity contribution < 1.29 is 9.90 Å². The highest BCUT2D eigenvalue weighted by Gasteiger charge is 2.17. The van der Waals surface area contributed by atoms with Crippen LogP contribution in [0.5, 0.6) is 0 Å². The Hall–Kier alpha value is -1.82. The highest BCUT2D eigenvalue weighted by Crippen LogP contribution is 2.27. The van der Waals surface area contributed by atoms with Gasteiger partial charge in [0.05, 0.1) is 5.75 Å². The van der Waals surface area contributed by atoms with Gasteiger partial charge in [-0.25, -0.2) is 0 Å². The SMILES string of the molecule is CC(C)n1c(SCC(=O)O)nnc1-c1ccccc1. The minimum Gasteiger partial charge on any atom is -0.481 e. The second-order valence-corrected chi connectivity index (χ2v) is 5.26. The van der Waals surface area contributed by atoms with Crippen molar-refractivity contribution in [2.24, 2.45) is 0 Å². The molecular weight excluding hydrogens is 262 g/mol. The zero-order valence-corrected chi connectivity index (χ0v) is 11.6. The minimum atomic E-state index is -0.857. The van der Waals surface area contributed by atoms with E-state index in [0.717, 1.165) is 11.4 Å². The zero-order chi connectivity index (χ0) is 13.8. The molecule has 0 aliphatic rings. The molecule has 0 aliphatic heterocycles. The maximum absolute atomic E-state index is 10.7. The first kappa shape index (κ1) is 13.6. The van der Waals surface area contributed by atoms with Gasteiger partial charge in [-0.2, -0.15) is 0 Å². The lowest BCUT2D eigenvalue weighted by molar-refractivity contribution is -0.133. The lowest BCUT2D eigenvalue weighted by atomic mass is 10.2. The average molecular weight is 277 g/mol. The largest absolute Gasteiger partial charge is 0.481 e. The highest BCUT2D eigenvalue weighted by atomic mass is 32.2. The van der Waals surface area contributed by atoms with Crippen LogP contribution in [-0.4, -0.2) is 31.6 Å². The van der Waals surface area contributed by atoms with E-state index in [1.165, 1.54) is 11.8 Å². The summed E-state index contributed by atoms with van der Waals surface area (Å²) in [5, 5.41) is 17.7. The molecule has 5 nitrogen and oxygen atoms in total. The van der Waals surface area contributed by atoms with Crippen molar-refractivity contribution in [2.45, 2.75) is 25.0 Å². The monoisotopic (exact) mass is 277 g/mol. The minimum absolute atomic E-state index is 0.0142. The van der Waals surface area contributed by atoms with Crippen LogP contribution >= 0.6 is 11.8 Å². The first-order valence-electron chi connectivity index (χ1n) is 5.94. The van der Waals surface area contributed by atoms with E-state index in [0.29, 0.717) is 5.16 Å². The van der Waals surface area contributed by atoms with Crippen LogP contribution in [0, 0.1) is 0 Å². The van der Waals surface area contributed by atoms with Crippen molar-refractivity contribution in [1.82, 2.24) is 14.8 Å². The number of benzene rings is 1. The molecule has 1 aromatic carbocycles. The van der Waals surface area contributed by atoms with Gasteiger partial charge in [-0.3, -0.25) is 9.36 Å². The lowest BCUT2D eigenvalue weighted by Crippen LogP contribution is -2.06. The van der Waals surface area contributed by atoms with Crippen molar-refractivity contribution in [2.75, 3.05) is 5.75 Å². The number of aliphatic carboxylic acids is 1. The molecule has 2 aromatic rings. The fourth-order valence-electron chi connectivity index (χ4n) is 1.75. The number of carbonyl (C=O) groups is 1. The van der Waals surface area contributed by atoms with Crippen LogP contribution < -0.4 is 0 Å². The van der Waals surface area contributed by atoms with Gasteiger partial charge < -0.3 is 5.11 Å².